The largest absolute Gasteiger partial charge is 0.318 e. The molecule has 3 aromatic rings. The van der Waals surface area contributed by atoms with Gasteiger partial charge in [-0.2, -0.15) is 0 Å². The Morgan fingerprint density at radius 2 is 1.69 bits per heavy atom. The van der Waals surface area contributed by atoms with E-state index in [1.807, 2.05) is 11.5 Å². The number of benzene rings is 1. The van der Waals surface area contributed by atoms with Crippen molar-refractivity contribution in [2.45, 2.75) is 20.3 Å². The monoisotopic (exact) mass is 478 g/mol. The summed E-state index contributed by atoms with van der Waals surface area (Å²) in [5.41, 5.74) is 7.35. The highest BCUT2D eigenvalue weighted by atomic mass is 32.2. The molecule has 0 aliphatic rings. The second kappa shape index (κ2) is 9.63. The van der Waals surface area contributed by atoms with Gasteiger partial charge in [-0.25, -0.2) is 17.5 Å². The summed E-state index contributed by atoms with van der Waals surface area (Å²) >= 11 is 1.21. The zero-order valence-electron chi connectivity index (χ0n) is 17.7. The molecular weight excluding hydrogens is 455 g/mol. The Morgan fingerprint density at radius 1 is 1.03 bits per heavy atom. The van der Waals surface area contributed by atoms with Crippen LogP contribution in [0.1, 0.15) is 36.3 Å². The molecule has 3 rings (SSSR count). The zero-order valence-corrected chi connectivity index (χ0v) is 19.4. The number of carbonyl (C=O) groups is 2. The number of hydrogen-bond donors (Lipinski definition) is 3. The number of carbonyl (C=O) groups excluding carboxylic acids is 2. The highest BCUT2D eigenvalue weighted by Crippen LogP contribution is 2.21. The maximum atomic E-state index is 13.2. The third kappa shape index (κ3) is 5.81. The fourth-order valence-electron chi connectivity index (χ4n) is 3.22. The summed E-state index contributed by atoms with van der Waals surface area (Å²) in [7, 11) is -3.26. The molecule has 0 radical (unpaired) electrons. The lowest BCUT2D eigenvalue weighted by molar-refractivity contribution is 0.0848. The highest BCUT2D eigenvalue weighted by molar-refractivity contribution is 7.88. The first kappa shape index (κ1) is 23.6. The van der Waals surface area contributed by atoms with E-state index in [1.165, 1.54) is 23.5 Å². The lowest BCUT2D eigenvalue weighted by Crippen LogP contribution is -2.41. The van der Waals surface area contributed by atoms with Crippen molar-refractivity contribution in [2.24, 2.45) is 0 Å². The van der Waals surface area contributed by atoms with Gasteiger partial charge >= 0.3 is 0 Å². The lowest BCUT2D eigenvalue weighted by atomic mass is 10.2. The molecule has 0 atom stereocenters. The van der Waals surface area contributed by atoms with E-state index < -0.39 is 21.8 Å². The Labute approximate surface area is 189 Å². The van der Waals surface area contributed by atoms with E-state index in [9.17, 15) is 22.4 Å². The second-order valence-electron chi connectivity index (χ2n) is 7.19. The first-order valence-electron chi connectivity index (χ1n) is 9.64. The van der Waals surface area contributed by atoms with Gasteiger partial charge in [0.1, 0.15) is 5.82 Å². The van der Waals surface area contributed by atoms with Gasteiger partial charge in [-0.3, -0.25) is 20.4 Å². The average molecular weight is 479 g/mol. The number of rotatable bonds is 7. The molecule has 2 heterocycles. The Hall–Kier alpha value is -3.02. The first-order chi connectivity index (χ1) is 15.0. The fraction of sp³-hybridized carbons (Fsp3) is 0.238. The molecule has 0 aliphatic carbocycles. The summed E-state index contributed by atoms with van der Waals surface area (Å²) in [4.78, 5) is 26.2. The first-order valence-corrected chi connectivity index (χ1v) is 12.3. The zero-order chi connectivity index (χ0) is 23.5. The van der Waals surface area contributed by atoms with Gasteiger partial charge in [0.15, 0.2) is 0 Å². The van der Waals surface area contributed by atoms with E-state index in [4.69, 9.17) is 0 Å². The Kier molecular flexibility index (Phi) is 7.12. The van der Waals surface area contributed by atoms with Crippen LogP contribution in [0.4, 0.5) is 4.39 Å². The number of aryl methyl sites for hydroxylation is 1. The SMILES string of the molecule is Cc1cc(C(=O)NNC(=O)c2ccc(CCNS(C)(=O)=O)s2)c(C)n1-c1ccc(F)cc1. The van der Waals surface area contributed by atoms with Crippen molar-refractivity contribution in [1.82, 2.24) is 20.1 Å². The van der Waals surface area contributed by atoms with Crippen LogP contribution < -0.4 is 15.6 Å². The van der Waals surface area contributed by atoms with Crippen LogP contribution in [0.3, 0.4) is 0 Å². The topological polar surface area (TPSA) is 109 Å². The summed E-state index contributed by atoms with van der Waals surface area (Å²) in [6.45, 7) is 3.83. The van der Waals surface area contributed by atoms with Crippen LogP contribution in [-0.2, 0) is 16.4 Å². The van der Waals surface area contributed by atoms with Gasteiger partial charge in [-0.15, -0.1) is 11.3 Å². The van der Waals surface area contributed by atoms with Crippen molar-refractivity contribution in [3.8, 4) is 5.69 Å². The normalized spacial score (nSPS) is 11.4. The Balaban J connectivity index is 1.62. The number of amides is 2. The summed E-state index contributed by atoms with van der Waals surface area (Å²) in [6, 6.07) is 11.0. The minimum Gasteiger partial charge on any atom is -0.318 e. The van der Waals surface area contributed by atoms with Crippen molar-refractivity contribution < 1.29 is 22.4 Å². The molecule has 0 spiro atoms. The van der Waals surface area contributed by atoms with Crippen molar-refractivity contribution in [2.75, 3.05) is 12.8 Å². The van der Waals surface area contributed by atoms with Crippen LogP contribution >= 0.6 is 11.3 Å². The van der Waals surface area contributed by atoms with Crippen LogP contribution in [0.15, 0.2) is 42.5 Å². The number of nitrogens with zero attached hydrogens (tertiary/aromatic N) is 1. The molecule has 0 unspecified atom stereocenters. The van der Waals surface area contributed by atoms with Crippen LogP contribution in [0, 0.1) is 19.7 Å². The van der Waals surface area contributed by atoms with Gasteiger partial charge in [-0.05, 0) is 62.7 Å². The van der Waals surface area contributed by atoms with Crippen LogP contribution in [0.25, 0.3) is 5.69 Å². The predicted molar refractivity (Wildman–Crippen MR) is 121 cm³/mol. The molecule has 170 valence electrons. The summed E-state index contributed by atoms with van der Waals surface area (Å²) < 4.78 is 39.7. The van der Waals surface area contributed by atoms with Gasteiger partial charge in [0.25, 0.3) is 11.8 Å². The van der Waals surface area contributed by atoms with E-state index in [-0.39, 0.29) is 12.4 Å². The summed E-state index contributed by atoms with van der Waals surface area (Å²) in [5.74, 6) is -1.30. The number of hydrogen-bond acceptors (Lipinski definition) is 5. The third-order valence-corrected chi connectivity index (χ3v) is 6.54. The molecule has 0 bridgehead atoms. The molecule has 0 saturated carbocycles. The maximum Gasteiger partial charge on any atom is 0.279 e. The average Bonchev–Trinajstić information content (AvgIpc) is 3.30. The summed E-state index contributed by atoms with van der Waals surface area (Å²) in [5, 5.41) is 0. The Bertz CT molecular complexity index is 1250. The smallest absolute Gasteiger partial charge is 0.279 e. The van der Waals surface area contributed by atoms with Crippen molar-refractivity contribution in [1.29, 1.82) is 0 Å². The van der Waals surface area contributed by atoms with Crippen molar-refractivity contribution >= 4 is 33.2 Å². The van der Waals surface area contributed by atoms with Gasteiger partial charge < -0.3 is 4.57 Å². The molecule has 8 nitrogen and oxygen atoms in total. The number of thiophene rings is 1. The molecule has 2 aromatic heterocycles. The van der Waals surface area contributed by atoms with Gasteiger partial charge in [0, 0.05) is 28.5 Å². The van der Waals surface area contributed by atoms with Crippen LogP contribution in [0.5, 0.6) is 0 Å². The number of sulfonamides is 1. The maximum absolute atomic E-state index is 13.2. The predicted octanol–water partition coefficient (Wildman–Crippen LogP) is 2.46. The second-order valence-corrected chi connectivity index (χ2v) is 10.2. The van der Waals surface area contributed by atoms with E-state index in [1.54, 1.807) is 37.3 Å². The van der Waals surface area contributed by atoms with E-state index >= 15 is 0 Å². The number of hydrazine groups is 1. The van der Waals surface area contributed by atoms with Gasteiger partial charge in [0.05, 0.1) is 16.7 Å². The molecule has 3 N–H and O–H groups in total. The van der Waals surface area contributed by atoms with E-state index in [2.05, 4.69) is 15.6 Å². The number of aromatic nitrogens is 1. The fourth-order valence-corrected chi connectivity index (χ4v) is 4.59. The van der Waals surface area contributed by atoms with Gasteiger partial charge in [0.2, 0.25) is 10.0 Å². The Morgan fingerprint density at radius 3 is 2.34 bits per heavy atom. The van der Waals surface area contributed by atoms with Crippen molar-refractivity contribution in [3.05, 3.63) is 75.0 Å². The lowest BCUT2D eigenvalue weighted by Gasteiger charge is -2.10. The minimum absolute atomic E-state index is 0.237. The van der Waals surface area contributed by atoms with Crippen molar-refractivity contribution in [3.63, 3.8) is 0 Å². The molecular formula is C21H23FN4O4S2. The number of nitrogens with one attached hydrogen (secondary N) is 3. The highest BCUT2D eigenvalue weighted by Gasteiger charge is 2.18. The standard InChI is InChI=1S/C21H23FN4O4S2/c1-13-12-18(14(2)26(13)16-6-4-15(22)5-7-16)20(27)24-25-21(28)19-9-8-17(31-19)10-11-23-32(3,29)30/h4-9,12,23H,10-11H2,1-3H3,(H,24,27)(H,25,28). The molecule has 1 aromatic carbocycles. The summed E-state index contributed by atoms with van der Waals surface area (Å²) in [6.07, 6.45) is 1.53. The van der Waals surface area contributed by atoms with Gasteiger partial charge in [-0.1, -0.05) is 0 Å². The van der Waals surface area contributed by atoms with Crippen LogP contribution in [-0.4, -0.2) is 37.6 Å². The minimum atomic E-state index is -3.26. The van der Waals surface area contributed by atoms with Crippen LogP contribution in [0.2, 0.25) is 0 Å². The molecule has 2 amide bonds. The molecule has 0 saturated heterocycles. The number of halogens is 1. The quantitative estimate of drug-likeness (QED) is 0.453. The molecule has 0 aliphatic heterocycles. The third-order valence-electron chi connectivity index (χ3n) is 4.67. The molecule has 11 heteroatoms. The molecule has 32 heavy (non-hydrogen) atoms. The van der Waals surface area contributed by atoms with E-state index in [0.29, 0.717) is 22.6 Å². The molecule has 0 fully saturated rings. The van der Waals surface area contributed by atoms with E-state index in [0.717, 1.165) is 22.5 Å².